The number of aromatic nitrogens is 1. The van der Waals surface area contributed by atoms with Gasteiger partial charge in [0.05, 0.1) is 17.8 Å². The van der Waals surface area contributed by atoms with Crippen LogP contribution in [-0.4, -0.2) is 19.1 Å². The van der Waals surface area contributed by atoms with E-state index < -0.39 is 0 Å². The quantitative estimate of drug-likeness (QED) is 0.916. The number of methoxy groups -OCH3 is 1. The molecule has 1 aromatic carbocycles. The Hall–Kier alpha value is -1.59. The lowest BCUT2D eigenvalue weighted by Gasteiger charge is -2.09. The predicted molar refractivity (Wildman–Crippen MR) is 77.8 cm³/mol. The zero-order chi connectivity index (χ0) is 13.7. The van der Waals surface area contributed by atoms with E-state index in [0.717, 1.165) is 28.1 Å². The van der Waals surface area contributed by atoms with Crippen LogP contribution in [0.1, 0.15) is 5.56 Å². The van der Waals surface area contributed by atoms with E-state index in [1.165, 1.54) is 0 Å². The van der Waals surface area contributed by atoms with Gasteiger partial charge < -0.3 is 14.8 Å². The second-order valence-electron chi connectivity index (χ2n) is 3.96. The van der Waals surface area contributed by atoms with Gasteiger partial charge in [-0.25, -0.2) is 0 Å². The van der Waals surface area contributed by atoms with Crippen LogP contribution in [0.25, 0.3) is 0 Å². The lowest BCUT2D eigenvalue weighted by molar-refractivity contribution is 0.412. The summed E-state index contributed by atoms with van der Waals surface area (Å²) in [6, 6.07) is 7.53. The first kappa shape index (κ1) is 13.8. The lowest BCUT2D eigenvalue weighted by Crippen LogP contribution is -2.05. The Labute approximate surface area is 120 Å². The second-order valence-corrected chi connectivity index (χ2v) is 4.81. The van der Waals surface area contributed by atoms with Gasteiger partial charge in [0.25, 0.3) is 0 Å². The van der Waals surface area contributed by atoms with Crippen molar-refractivity contribution >= 4 is 15.9 Å². The average molecular weight is 323 g/mol. The van der Waals surface area contributed by atoms with Gasteiger partial charge in [-0.3, -0.25) is 4.98 Å². The maximum absolute atomic E-state index is 5.80. The van der Waals surface area contributed by atoms with Gasteiger partial charge in [-0.05, 0) is 52.8 Å². The molecule has 0 bridgehead atoms. The molecule has 0 fully saturated rings. The zero-order valence-electron chi connectivity index (χ0n) is 10.8. The molecule has 0 aliphatic heterocycles. The predicted octanol–water partition coefficient (Wildman–Crippen LogP) is 3.36. The molecule has 0 atom stereocenters. The topological polar surface area (TPSA) is 43.4 Å². The van der Waals surface area contributed by atoms with Crippen LogP contribution in [0.4, 0.5) is 0 Å². The molecule has 19 heavy (non-hydrogen) atoms. The maximum atomic E-state index is 5.80. The largest absolute Gasteiger partial charge is 0.497 e. The van der Waals surface area contributed by atoms with Gasteiger partial charge in [0, 0.05) is 12.7 Å². The van der Waals surface area contributed by atoms with E-state index in [1.807, 2.05) is 37.5 Å². The number of pyridine rings is 1. The summed E-state index contributed by atoms with van der Waals surface area (Å²) in [7, 11) is 3.53. The van der Waals surface area contributed by atoms with Crippen LogP contribution >= 0.6 is 15.9 Å². The van der Waals surface area contributed by atoms with E-state index >= 15 is 0 Å². The van der Waals surface area contributed by atoms with E-state index in [2.05, 4.69) is 26.2 Å². The Balaban J connectivity index is 2.18. The summed E-state index contributed by atoms with van der Waals surface area (Å²) >= 11 is 3.46. The molecule has 0 saturated carbocycles. The molecule has 0 radical (unpaired) electrons. The Bertz CT molecular complexity index is 561. The number of hydrogen-bond donors (Lipinski definition) is 1. The highest BCUT2D eigenvalue weighted by molar-refractivity contribution is 9.10. The number of benzene rings is 1. The molecule has 1 heterocycles. The van der Waals surface area contributed by atoms with Crippen molar-refractivity contribution in [2.24, 2.45) is 0 Å². The van der Waals surface area contributed by atoms with Crippen LogP contribution in [0.5, 0.6) is 17.2 Å². The van der Waals surface area contributed by atoms with Crippen LogP contribution in [0, 0.1) is 0 Å². The number of halogens is 1. The summed E-state index contributed by atoms with van der Waals surface area (Å²) < 4.78 is 11.8. The van der Waals surface area contributed by atoms with Crippen molar-refractivity contribution in [1.29, 1.82) is 0 Å². The summed E-state index contributed by atoms with van der Waals surface area (Å²) in [4.78, 5) is 4.16. The third-order valence-electron chi connectivity index (χ3n) is 2.52. The fourth-order valence-corrected chi connectivity index (χ4v) is 2.08. The molecule has 100 valence electrons. The molecular formula is C14H15BrN2O2. The molecule has 4 nitrogen and oxygen atoms in total. The fraction of sp³-hybridized carbons (Fsp3) is 0.214. The molecule has 0 amide bonds. The van der Waals surface area contributed by atoms with E-state index in [1.54, 1.807) is 13.3 Å². The molecule has 0 aliphatic rings. The minimum atomic E-state index is 0.707. The van der Waals surface area contributed by atoms with Gasteiger partial charge in [0.1, 0.15) is 17.2 Å². The highest BCUT2D eigenvalue weighted by Crippen LogP contribution is 2.32. The smallest absolute Gasteiger partial charge is 0.146 e. The number of nitrogens with zero attached hydrogens (tertiary/aromatic N) is 1. The van der Waals surface area contributed by atoms with Crippen molar-refractivity contribution in [3.8, 4) is 17.2 Å². The van der Waals surface area contributed by atoms with Gasteiger partial charge >= 0.3 is 0 Å². The summed E-state index contributed by atoms with van der Waals surface area (Å²) in [5.74, 6) is 2.21. The van der Waals surface area contributed by atoms with Crippen molar-refractivity contribution in [2.45, 2.75) is 6.54 Å². The zero-order valence-corrected chi connectivity index (χ0v) is 12.4. The van der Waals surface area contributed by atoms with Crippen molar-refractivity contribution in [3.63, 3.8) is 0 Å². The van der Waals surface area contributed by atoms with Crippen molar-refractivity contribution in [2.75, 3.05) is 14.2 Å². The fourth-order valence-electron chi connectivity index (χ4n) is 1.64. The minimum Gasteiger partial charge on any atom is -0.497 e. The number of rotatable bonds is 5. The van der Waals surface area contributed by atoms with E-state index in [-0.39, 0.29) is 0 Å². The second kappa shape index (κ2) is 6.54. The van der Waals surface area contributed by atoms with Gasteiger partial charge in [-0.2, -0.15) is 0 Å². The Morgan fingerprint density at radius 3 is 2.74 bits per heavy atom. The summed E-state index contributed by atoms with van der Waals surface area (Å²) in [6.07, 6.45) is 3.50. The molecule has 1 aromatic heterocycles. The third-order valence-corrected chi connectivity index (χ3v) is 3.14. The molecule has 0 unspecified atom stereocenters. The van der Waals surface area contributed by atoms with E-state index in [0.29, 0.717) is 5.75 Å². The third kappa shape index (κ3) is 3.68. The van der Waals surface area contributed by atoms with E-state index in [4.69, 9.17) is 9.47 Å². The van der Waals surface area contributed by atoms with Crippen LogP contribution in [0.15, 0.2) is 41.1 Å². The molecular weight excluding hydrogens is 308 g/mol. The van der Waals surface area contributed by atoms with Crippen LogP contribution in [-0.2, 0) is 6.54 Å². The molecule has 0 saturated heterocycles. The molecule has 1 N–H and O–H groups in total. The normalized spacial score (nSPS) is 10.3. The first-order valence-corrected chi connectivity index (χ1v) is 6.62. The van der Waals surface area contributed by atoms with Crippen molar-refractivity contribution in [3.05, 3.63) is 46.7 Å². The number of hydrogen-bond acceptors (Lipinski definition) is 4. The summed E-state index contributed by atoms with van der Waals surface area (Å²) in [5, 5.41) is 3.08. The van der Waals surface area contributed by atoms with Crippen molar-refractivity contribution in [1.82, 2.24) is 10.3 Å². The van der Waals surface area contributed by atoms with Crippen LogP contribution in [0.2, 0.25) is 0 Å². The van der Waals surface area contributed by atoms with Crippen molar-refractivity contribution < 1.29 is 9.47 Å². The molecule has 0 aliphatic carbocycles. The number of nitrogens with one attached hydrogen (secondary N) is 1. The summed E-state index contributed by atoms with van der Waals surface area (Å²) in [6.45, 7) is 0.758. The van der Waals surface area contributed by atoms with E-state index in [9.17, 15) is 0 Å². The lowest BCUT2D eigenvalue weighted by atomic mass is 10.3. The standard InChI is InChI=1S/C14H15BrN2O2/c1-16-7-10-5-12(9-17-8-10)19-14-4-3-11(18-2)6-13(14)15/h3-6,8-9,16H,7H2,1-2H3. The van der Waals surface area contributed by atoms with Gasteiger partial charge in [-0.15, -0.1) is 0 Å². The molecule has 2 aromatic rings. The van der Waals surface area contributed by atoms with Gasteiger partial charge in [-0.1, -0.05) is 0 Å². The highest BCUT2D eigenvalue weighted by atomic mass is 79.9. The molecule has 0 spiro atoms. The first-order valence-electron chi connectivity index (χ1n) is 5.83. The van der Waals surface area contributed by atoms with Crippen LogP contribution in [0.3, 0.4) is 0 Å². The summed E-state index contributed by atoms with van der Waals surface area (Å²) in [5.41, 5.74) is 1.07. The minimum absolute atomic E-state index is 0.707. The van der Waals surface area contributed by atoms with Gasteiger partial charge in [0.15, 0.2) is 0 Å². The average Bonchev–Trinajstić information content (AvgIpc) is 2.42. The SMILES string of the molecule is CNCc1cncc(Oc2ccc(OC)cc2Br)c1. The Kier molecular flexibility index (Phi) is 4.76. The van der Waals surface area contributed by atoms with Crippen LogP contribution < -0.4 is 14.8 Å². The maximum Gasteiger partial charge on any atom is 0.146 e. The molecule has 2 rings (SSSR count). The Morgan fingerprint density at radius 1 is 1.21 bits per heavy atom. The molecule has 5 heteroatoms. The highest BCUT2D eigenvalue weighted by Gasteiger charge is 2.05. The number of ether oxygens (including phenoxy) is 2. The monoisotopic (exact) mass is 322 g/mol. The Morgan fingerprint density at radius 2 is 2.05 bits per heavy atom. The first-order chi connectivity index (χ1) is 9.22. The van der Waals surface area contributed by atoms with Gasteiger partial charge in [0.2, 0.25) is 0 Å².